The molecule has 4 nitrogen and oxygen atoms in total. The van der Waals surface area contributed by atoms with Gasteiger partial charge in [-0.05, 0) is 43.5 Å². The average Bonchev–Trinajstić information content (AvgIpc) is 3.25. The van der Waals surface area contributed by atoms with Gasteiger partial charge in [-0.2, -0.15) is 0 Å². The molecular formula is C22H26F2N2O2. The summed E-state index contributed by atoms with van der Waals surface area (Å²) in [4.78, 5) is 14.1. The van der Waals surface area contributed by atoms with E-state index in [-0.39, 0.29) is 30.7 Å². The van der Waals surface area contributed by atoms with E-state index in [4.69, 9.17) is 4.74 Å². The van der Waals surface area contributed by atoms with Crippen molar-refractivity contribution in [3.8, 4) is 5.75 Å². The van der Waals surface area contributed by atoms with E-state index in [0.717, 1.165) is 50.0 Å². The van der Waals surface area contributed by atoms with E-state index in [0.29, 0.717) is 5.75 Å². The minimum absolute atomic E-state index is 0.00450. The van der Waals surface area contributed by atoms with Crippen LogP contribution in [0.1, 0.15) is 43.4 Å². The third kappa shape index (κ3) is 5.07. The summed E-state index contributed by atoms with van der Waals surface area (Å²) in [5.41, 5.74) is 1.18. The molecule has 0 bridgehead atoms. The lowest BCUT2D eigenvalue weighted by atomic mass is 10.0. The highest BCUT2D eigenvalue weighted by molar-refractivity contribution is 5.78. The van der Waals surface area contributed by atoms with Crippen LogP contribution in [-0.2, 0) is 11.3 Å². The summed E-state index contributed by atoms with van der Waals surface area (Å²) < 4.78 is 33.1. The number of nitrogens with one attached hydrogen (secondary N) is 1. The molecule has 0 radical (unpaired) electrons. The zero-order valence-corrected chi connectivity index (χ0v) is 16.1. The Morgan fingerprint density at radius 2 is 1.93 bits per heavy atom. The lowest BCUT2D eigenvalue weighted by Crippen LogP contribution is -2.32. The second-order valence-electron chi connectivity index (χ2n) is 6.99. The van der Waals surface area contributed by atoms with Crippen molar-refractivity contribution in [3.05, 3.63) is 65.2 Å². The number of ether oxygens (including phenoxy) is 1. The van der Waals surface area contributed by atoms with Gasteiger partial charge in [0.05, 0.1) is 0 Å². The van der Waals surface area contributed by atoms with Crippen LogP contribution in [0.25, 0.3) is 0 Å². The minimum Gasteiger partial charge on any atom is -0.483 e. The monoisotopic (exact) mass is 388 g/mol. The summed E-state index contributed by atoms with van der Waals surface area (Å²) in [6, 6.07) is 10.9. The maximum absolute atomic E-state index is 13.9. The second kappa shape index (κ2) is 9.64. The molecule has 0 saturated carbocycles. The molecule has 28 heavy (non-hydrogen) atoms. The third-order valence-corrected chi connectivity index (χ3v) is 5.06. The van der Waals surface area contributed by atoms with E-state index >= 15 is 0 Å². The van der Waals surface area contributed by atoms with Gasteiger partial charge in [0.25, 0.3) is 5.91 Å². The Balaban J connectivity index is 1.66. The number of likely N-dealkylation sites (tertiary alicyclic amines) is 1. The molecule has 2 aromatic carbocycles. The fraction of sp³-hybridized carbons (Fsp3) is 0.409. The maximum atomic E-state index is 13.9. The van der Waals surface area contributed by atoms with Gasteiger partial charge in [-0.3, -0.25) is 4.79 Å². The van der Waals surface area contributed by atoms with E-state index in [1.807, 2.05) is 36.1 Å². The van der Waals surface area contributed by atoms with E-state index in [1.54, 1.807) is 0 Å². The first kappa shape index (κ1) is 20.3. The van der Waals surface area contributed by atoms with Crippen LogP contribution in [0.4, 0.5) is 8.78 Å². The molecule has 1 saturated heterocycles. The number of para-hydroxylation sites is 1. The summed E-state index contributed by atoms with van der Waals surface area (Å²) in [6.07, 6.45) is 2.82. The van der Waals surface area contributed by atoms with Crippen molar-refractivity contribution in [2.24, 2.45) is 0 Å². The molecule has 2 aromatic rings. The molecule has 1 N–H and O–H groups in total. The Morgan fingerprint density at radius 1 is 1.18 bits per heavy atom. The molecule has 1 heterocycles. The lowest BCUT2D eigenvalue weighted by molar-refractivity contribution is -0.132. The molecule has 1 atom stereocenters. The molecule has 150 valence electrons. The molecule has 1 unspecified atom stereocenters. The number of hydrogen-bond acceptors (Lipinski definition) is 3. The van der Waals surface area contributed by atoms with Gasteiger partial charge in [0, 0.05) is 36.8 Å². The predicted molar refractivity (Wildman–Crippen MR) is 104 cm³/mol. The molecular weight excluding hydrogens is 362 g/mol. The van der Waals surface area contributed by atoms with Crippen LogP contribution >= 0.6 is 0 Å². The summed E-state index contributed by atoms with van der Waals surface area (Å²) in [7, 11) is 0. The first-order chi connectivity index (χ1) is 13.6. The fourth-order valence-corrected chi connectivity index (χ4v) is 3.48. The number of benzene rings is 2. The zero-order chi connectivity index (χ0) is 19.9. The zero-order valence-electron chi connectivity index (χ0n) is 16.1. The molecule has 0 aromatic heterocycles. The Labute approximate surface area is 164 Å². The Morgan fingerprint density at radius 3 is 2.68 bits per heavy atom. The Hall–Kier alpha value is -2.47. The number of carbonyl (C=O) groups is 1. The first-order valence-corrected chi connectivity index (χ1v) is 9.75. The van der Waals surface area contributed by atoms with Crippen molar-refractivity contribution >= 4 is 5.91 Å². The SMILES string of the molecule is CCC(NCc1cc(F)ccc1F)c1ccccc1OCC(=O)N1CCCC1. The molecule has 1 amide bonds. The molecule has 1 fully saturated rings. The summed E-state index contributed by atoms with van der Waals surface area (Å²) in [5, 5.41) is 3.27. The number of halogens is 2. The predicted octanol–water partition coefficient (Wildman–Crippen LogP) is 4.21. The van der Waals surface area contributed by atoms with Crippen molar-refractivity contribution in [1.29, 1.82) is 0 Å². The van der Waals surface area contributed by atoms with Crippen LogP contribution in [-0.4, -0.2) is 30.5 Å². The number of rotatable bonds is 8. The van der Waals surface area contributed by atoms with Crippen LogP contribution in [0.3, 0.4) is 0 Å². The Bertz CT molecular complexity index is 807. The molecule has 6 heteroatoms. The summed E-state index contributed by atoms with van der Waals surface area (Å²) >= 11 is 0. The lowest BCUT2D eigenvalue weighted by Gasteiger charge is -2.22. The van der Waals surface area contributed by atoms with Crippen molar-refractivity contribution in [3.63, 3.8) is 0 Å². The second-order valence-corrected chi connectivity index (χ2v) is 6.99. The van der Waals surface area contributed by atoms with Crippen LogP contribution in [0.5, 0.6) is 5.75 Å². The van der Waals surface area contributed by atoms with Crippen LogP contribution in [0.15, 0.2) is 42.5 Å². The highest BCUT2D eigenvalue weighted by Gasteiger charge is 2.20. The number of carbonyl (C=O) groups excluding carboxylic acids is 1. The van der Waals surface area contributed by atoms with Crippen molar-refractivity contribution in [2.45, 2.75) is 38.8 Å². The molecule has 3 rings (SSSR count). The van der Waals surface area contributed by atoms with E-state index in [1.165, 1.54) is 6.07 Å². The van der Waals surface area contributed by atoms with E-state index < -0.39 is 11.6 Å². The van der Waals surface area contributed by atoms with Gasteiger partial charge in [0.1, 0.15) is 17.4 Å². The first-order valence-electron chi connectivity index (χ1n) is 9.75. The minimum atomic E-state index is -0.463. The van der Waals surface area contributed by atoms with Crippen molar-refractivity contribution < 1.29 is 18.3 Å². The smallest absolute Gasteiger partial charge is 0.260 e. The van der Waals surface area contributed by atoms with Gasteiger partial charge in [-0.1, -0.05) is 25.1 Å². The average molecular weight is 388 g/mol. The molecule has 1 aliphatic rings. The van der Waals surface area contributed by atoms with Gasteiger partial charge in [0.2, 0.25) is 0 Å². The normalized spacial score (nSPS) is 14.9. The van der Waals surface area contributed by atoms with E-state index in [9.17, 15) is 13.6 Å². The molecule has 0 aliphatic carbocycles. The number of nitrogens with zero attached hydrogens (tertiary/aromatic N) is 1. The topological polar surface area (TPSA) is 41.6 Å². The van der Waals surface area contributed by atoms with Crippen LogP contribution < -0.4 is 10.1 Å². The van der Waals surface area contributed by atoms with Crippen LogP contribution in [0.2, 0.25) is 0 Å². The fourth-order valence-electron chi connectivity index (χ4n) is 3.48. The Kier molecular flexibility index (Phi) is 6.98. The maximum Gasteiger partial charge on any atom is 0.260 e. The highest BCUT2D eigenvalue weighted by atomic mass is 19.1. The molecule has 1 aliphatic heterocycles. The highest BCUT2D eigenvalue weighted by Crippen LogP contribution is 2.28. The summed E-state index contributed by atoms with van der Waals surface area (Å²) in [6.45, 7) is 3.80. The van der Waals surface area contributed by atoms with Gasteiger partial charge in [-0.15, -0.1) is 0 Å². The van der Waals surface area contributed by atoms with Crippen molar-refractivity contribution in [2.75, 3.05) is 19.7 Å². The standard InChI is InChI=1S/C22H26F2N2O2/c1-2-20(25-14-16-13-17(23)9-10-19(16)24)18-7-3-4-8-21(18)28-15-22(27)26-11-5-6-12-26/h3-4,7-10,13,20,25H,2,5-6,11-12,14-15H2,1H3. The van der Waals surface area contributed by atoms with Gasteiger partial charge in [0.15, 0.2) is 6.61 Å². The molecule has 0 spiro atoms. The number of hydrogen-bond donors (Lipinski definition) is 1. The van der Waals surface area contributed by atoms with Crippen LogP contribution in [0, 0.1) is 11.6 Å². The van der Waals surface area contributed by atoms with Gasteiger partial charge in [-0.25, -0.2) is 8.78 Å². The number of amides is 1. The third-order valence-electron chi connectivity index (χ3n) is 5.06. The van der Waals surface area contributed by atoms with Crippen molar-refractivity contribution in [1.82, 2.24) is 10.2 Å². The van der Waals surface area contributed by atoms with Gasteiger partial charge >= 0.3 is 0 Å². The van der Waals surface area contributed by atoms with Gasteiger partial charge < -0.3 is 15.0 Å². The largest absolute Gasteiger partial charge is 0.483 e. The summed E-state index contributed by atoms with van der Waals surface area (Å²) in [5.74, 6) is -0.274. The van der Waals surface area contributed by atoms with E-state index in [2.05, 4.69) is 5.32 Å². The quantitative estimate of drug-likeness (QED) is 0.737.